The van der Waals surface area contributed by atoms with Crippen molar-refractivity contribution in [1.82, 2.24) is 0 Å². The van der Waals surface area contributed by atoms with Crippen LogP contribution in [0.15, 0.2) is 36.4 Å². The molecule has 0 radical (unpaired) electrons. The summed E-state index contributed by atoms with van der Waals surface area (Å²) >= 11 is 0. The van der Waals surface area contributed by atoms with Crippen molar-refractivity contribution in [3.8, 4) is 0 Å². The first-order valence-electron chi connectivity index (χ1n) is 6.32. The molecule has 0 saturated heterocycles. The van der Waals surface area contributed by atoms with Crippen LogP contribution in [0, 0.1) is 5.92 Å². The van der Waals surface area contributed by atoms with E-state index in [0.29, 0.717) is 11.6 Å². The van der Waals surface area contributed by atoms with Crippen LogP contribution < -0.4 is 15.2 Å². The van der Waals surface area contributed by atoms with E-state index in [4.69, 9.17) is 5.14 Å². The van der Waals surface area contributed by atoms with Crippen molar-refractivity contribution in [2.24, 2.45) is 11.1 Å². The molecule has 0 amide bonds. The van der Waals surface area contributed by atoms with Gasteiger partial charge in [-0.1, -0.05) is 18.2 Å². The van der Waals surface area contributed by atoms with Crippen LogP contribution in [0.4, 0.5) is 11.4 Å². The molecule has 1 atom stereocenters. The van der Waals surface area contributed by atoms with E-state index in [0.717, 1.165) is 25.1 Å². The first kappa shape index (κ1) is 13.9. The Morgan fingerprint density at radius 2 is 2.05 bits per heavy atom. The predicted octanol–water partition coefficient (Wildman–Crippen LogP) is 2.07. The lowest BCUT2D eigenvalue weighted by Crippen LogP contribution is -2.21. The molecular formula is C13H19N3O2S. The summed E-state index contributed by atoms with van der Waals surface area (Å²) in [6.45, 7) is 0.892. The summed E-state index contributed by atoms with van der Waals surface area (Å²) < 4.78 is 24.2. The second kappa shape index (κ2) is 6.08. The van der Waals surface area contributed by atoms with E-state index in [9.17, 15) is 8.42 Å². The Morgan fingerprint density at radius 1 is 1.26 bits per heavy atom. The summed E-state index contributed by atoms with van der Waals surface area (Å²) in [6, 6.07) is 7.10. The lowest BCUT2D eigenvalue weighted by Gasteiger charge is -2.19. The Kier molecular flexibility index (Phi) is 4.44. The number of hydrogen-bond donors (Lipinski definition) is 3. The van der Waals surface area contributed by atoms with Crippen molar-refractivity contribution in [2.75, 3.05) is 16.6 Å². The third-order valence-electron chi connectivity index (χ3n) is 3.10. The Bertz CT molecular complexity index is 555. The van der Waals surface area contributed by atoms with E-state index in [1.165, 1.54) is 6.42 Å². The maximum absolute atomic E-state index is 11.0. The third-order valence-corrected chi connectivity index (χ3v) is 3.62. The molecule has 0 heterocycles. The fourth-order valence-corrected chi connectivity index (χ4v) is 2.62. The van der Waals surface area contributed by atoms with Gasteiger partial charge in [-0.05, 0) is 43.4 Å². The van der Waals surface area contributed by atoms with Crippen LogP contribution in [0.5, 0.6) is 0 Å². The number of allylic oxidation sites excluding steroid dienone is 2. The normalized spacial score (nSPS) is 19.1. The zero-order valence-electron chi connectivity index (χ0n) is 10.7. The second-order valence-corrected chi connectivity index (χ2v) is 6.05. The van der Waals surface area contributed by atoms with Crippen LogP contribution in [0.1, 0.15) is 19.3 Å². The lowest BCUT2D eigenvalue weighted by molar-refractivity contribution is 0.504. The largest absolute Gasteiger partial charge is 0.385 e. The molecule has 0 bridgehead atoms. The van der Waals surface area contributed by atoms with Crippen molar-refractivity contribution < 1.29 is 8.42 Å². The fourth-order valence-electron chi connectivity index (χ4n) is 2.16. The number of rotatable bonds is 5. The average molecular weight is 281 g/mol. The SMILES string of the molecule is NS(=O)(=O)Nc1cccc(NCC2CC=CCC2)c1. The molecule has 1 aliphatic rings. The molecular weight excluding hydrogens is 262 g/mol. The van der Waals surface area contributed by atoms with Crippen molar-refractivity contribution in [3.63, 3.8) is 0 Å². The molecule has 4 N–H and O–H groups in total. The zero-order chi connectivity index (χ0) is 13.7. The lowest BCUT2D eigenvalue weighted by atomic mass is 9.94. The van der Waals surface area contributed by atoms with Crippen molar-refractivity contribution in [3.05, 3.63) is 36.4 Å². The summed E-state index contributed by atoms with van der Waals surface area (Å²) in [5.74, 6) is 0.639. The number of hydrogen-bond acceptors (Lipinski definition) is 3. The fraction of sp³-hybridized carbons (Fsp3) is 0.385. The minimum Gasteiger partial charge on any atom is -0.385 e. The van der Waals surface area contributed by atoms with Gasteiger partial charge in [-0.25, -0.2) is 5.14 Å². The van der Waals surface area contributed by atoms with Crippen LogP contribution in [0.25, 0.3) is 0 Å². The molecule has 0 fully saturated rings. The van der Waals surface area contributed by atoms with Crippen molar-refractivity contribution in [2.45, 2.75) is 19.3 Å². The first-order valence-corrected chi connectivity index (χ1v) is 7.87. The molecule has 0 saturated carbocycles. The number of nitrogens with one attached hydrogen (secondary N) is 2. The Balaban J connectivity index is 1.93. The van der Waals surface area contributed by atoms with Crippen molar-refractivity contribution >= 4 is 21.6 Å². The topological polar surface area (TPSA) is 84.2 Å². The highest BCUT2D eigenvalue weighted by molar-refractivity contribution is 7.90. The zero-order valence-corrected chi connectivity index (χ0v) is 11.5. The molecule has 0 aliphatic heterocycles. The quantitative estimate of drug-likeness (QED) is 0.722. The molecule has 19 heavy (non-hydrogen) atoms. The molecule has 0 spiro atoms. The molecule has 104 valence electrons. The van der Waals surface area contributed by atoms with Gasteiger partial charge in [0.15, 0.2) is 0 Å². The molecule has 2 rings (SSSR count). The molecule has 1 aliphatic carbocycles. The first-order chi connectivity index (χ1) is 9.03. The smallest absolute Gasteiger partial charge is 0.296 e. The minimum absolute atomic E-state index is 0.469. The van der Waals surface area contributed by atoms with Gasteiger partial charge in [-0.3, -0.25) is 4.72 Å². The summed E-state index contributed by atoms with van der Waals surface area (Å²) in [6.07, 6.45) is 7.86. The van der Waals surface area contributed by atoms with Crippen LogP contribution >= 0.6 is 0 Å². The molecule has 0 aromatic heterocycles. The van der Waals surface area contributed by atoms with E-state index in [1.807, 2.05) is 6.07 Å². The van der Waals surface area contributed by atoms with Gasteiger partial charge in [0.25, 0.3) is 10.2 Å². The molecule has 1 unspecified atom stereocenters. The number of nitrogens with two attached hydrogens (primary N) is 1. The van der Waals surface area contributed by atoms with Gasteiger partial charge in [-0.15, -0.1) is 0 Å². The standard InChI is InChI=1S/C13H19N3O2S/c14-19(17,18)16-13-8-4-7-12(9-13)15-10-11-5-2-1-3-6-11/h1-2,4,7-9,11,15-16H,3,5-6,10H2,(H2,14,17,18). The van der Waals surface area contributed by atoms with Crippen molar-refractivity contribution in [1.29, 1.82) is 0 Å². The van der Waals surface area contributed by atoms with Gasteiger partial charge in [0, 0.05) is 12.2 Å². The molecule has 1 aromatic rings. The third kappa shape index (κ3) is 4.92. The summed E-state index contributed by atoms with van der Waals surface area (Å²) in [7, 11) is -3.72. The van der Waals surface area contributed by atoms with E-state index >= 15 is 0 Å². The van der Waals surface area contributed by atoms with Crippen LogP contribution in [0.3, 0.4) is 0 Å². The van der Waals surface area contributed by atoms with E-state index in [1.54, 1.807) is 18.2 Å². The van der Waals surface area contributed by atoms with Gasteiger partial charge in [0.1, 0.15) is 0 Å². The van der Waals surface area contributed by atoms with Crippen LogP contribution in [-0.4, -0.2) is 15.0 Å². The number of benzene rings is 1. The predicted molar refractivity (Wildman–Crippen MR) is 78.1 cm³/mol. The minimum atomic E-state index is -3.72. The second-order valence-electron chi connectivity index (χ2n) is 4.76. The average Bonchev–Trinajstić information content (AvgIpc) is 2.36. The van der Waals surface area contributed by atoms with Gasteiger partial charge >= 0.3 is 0 Å². The highest BCUT2D eigenvalue weighted by Gasteiger charge is 2.09. The van der Waals surface area contributed by atoms with Gasteiger partial charge in [0.05, 0.1) is 5.69 Å². The van der Waals surface area contributed by atoms with Crippen LogP contribution in [0.2, 0.25) is 0 Å². The van der Waals surface area contributed by atoms with E-state index in [-0.39, 0.29) is 0 Å². The highest BCUT2D eigenvalue weighted by atomic mass is 32.2. The van der Waals surface area contributed by atoms with Crippen LogP contribution in [-0.2, 0) is 10.2 Å². The molecule has 5 nitrogen and oxygen atoms in total. The molecule has 6 heteroatoms. The van der Waals surface area contributed by atoms with E-state index < -0.39 is 10.2 Å². The van der Waals surface area contributed by atoms with Gasteiger partial charge in [-0.2, -0.15) is 8.42 Å². The maximum atomic E-state index is 11.0. The van der Waals surface area contributed by atoms with E-state index in [2.05, 4.69) is 22.2 Å². The summed E-state index contributed by atoms with van der Waals surface area (Å²) in [4.78, 5) is 0. The summed E-state index contributed by atoms with van der Waals surface area (Å²) in [5.41, 5.74) is 1.36. The Labute approximate surface area is 114 Å². The summed E-state index contributed by atoms with van der Waals surface area (Å²) in [5, 5.41) is 8.27. The number of anilines is 2. The Hall–Kier alpha value is -1.53. The monoisotopic (exact) mass is 281 g/mol. The maximum Gasteiger partial charge on any atom is 0.296 e. The van der Waals surface area contributed by atoms with Gasteiger partial charge < -0.3 is 5.32 Å². The Morgan fingerprint density at radius 3 is 2.74 bits per heavy atom. The van der Waals surface area contributed by atoms with Gasteiger partial charge in [0.2, 0.25) is 0 Å². The molecule has 1 aromatic carbocycles. The highest BCUT2D eigenvalue weighted by Crippen LogP contribution is 2.20.